The molecule has 0 heterocycles. The number of hydrogen-bond acceptors (Lipinski definition) is 4. The van der Waals surface area contributed by atoms with Gasteiger partial charge in [-0.15, -0.1) is 0 Å². The average molecular weight is 204 g/mol. The quantitative estimate of drug-likeness (QED) is 0.502. The smallest absolute Gasteiger partial charge is 0.304 e. The van der Waals surface area contributed by atoms with Crippen LogP contribution in [0.15, 0.2) is 0 Å². The van der Waals surface area contributed by atoms with Crippen LogP contribution in [0, 0.1) is 0 Å². The molecule has 2 N–H and O–H groups in total. The summed E-state index contributed by atoms with van der Waals surface area (Å²) in [5.41, 5.74) is 0. The summed E-state index contributed by atoms with van der Waals surface area (Å²) in [5.74, 6) is -0.772. The number of carboxylic acid groups (broad SMARTS) is 1. The number of carbonyl (C=O) groups is 1. The fraction of sp³-hybridized carbons (Fsp3) is 0.889. The van der Waals surface area contributed by atoms with Crippen molar-refractivity contribution < 1.29 is 14.6 Å². The Kier molecular flexibility index (Phi) is 8.51. The van der Waals surface area contributed by atoms with Gasteiger partial charge in [0.2, 0.25) is 0 Å². The van der Waals surface area contributed by atoms with Crippen molar-refractivity contribution in [3.05, 3.63) is 0 Å². The highest BCUT2D eigenvalue weighted by atomic mass is 16.5. The largest absolute Gasteiger partial charge is 0.481 e. The van der Waals surface area contributed by atoms with E-state index in [4.69, 9.17) is 9.84 Å². The Morgan fingerprint density at radius 1 is 1.36 bits per heavy atom. The number of nitrogens with one attached hydrogen (secondary N) is 1. The molecule has 5 nitrogen and oxygen atoms in total. The first-order valence-corrected chi connectivity index (χ1v) is 4.78. The minimum atomic E-state index is -0.772. The molecule has 0 spiro atoms. The van der Waals surface area contributed by atoms with Crippen molar-refractivity contribution in [3.8, 4) is 0 Å². The fourth-order valence-corrected chi connectivity index (χ4v) is 0.814. The Labute approximate surface area is 85.0 Å². The summed E-state index contributed by atoms with van der Waals surface area (Å²) in [6.45, 7) is 3.48. The van der Waals surface area contributed by atoms with Gasteiger partial charge in [-0.3, -0.25) is 4.79 Å². The second kappa shape index (κ2) is 8.93. The van der Waals surface area contributed by atoms with Crippen LogP contribution in [0.2, 0.25) is 0 Å². The van der Waals surface area contributed by atoms with Crippen LogP contribution in [0.5, 0.6) is 0 Å². The molecule has 0 aromatic rings. The Bertz CT molecular complexity index is 151. The van der Waals surface area contributed by atoms with Gasteiger partial charge < -0.3 is 20.1 Å². The minimum Gasteiger partial charge on any atom is -0.481 e. The maximum absolute atomic E-state index is 10.1. The Morgan fingerprint density at radius 2 is 2.07 bits per heavy atom. The van der Waals surface area contributed by atoms with E-state index in [1.807, 2.05) is 14.1 Å². The molecule has 0 saturated heterocycles. The summed E-state index contributed by atoms with van der Waals surface area (Å²) in [7, 11) is 3.99. The maximum Gasteiger partial charge on any atom is 0.304 e. The first kappa shape index (κ1) is 13.4. The molecule has 0 atom stereocenters. The maximum atomic E-state index is 10.1. The van der Waals surface area contributed by atoms with Crippen molar-refractivity contribution in [2.75, 3.05) is 46.9 Å². The molecule has 0 aliphatic heterocycles. The molecule has 14 heavy (non-hydrogen) atoms. The third-order valence-electron chi connectivity index (χ3n) is 1.62. The predicted molar refractivity (Wildman–Crippen MR) is 54.5 cm³/mol. The number of rotatable bonds is 9. The molecule has 0 radical (unpaired) electrons. The van der Waals surface area contributed by atoms with Gasteiger partial charge in [0.25, 0.3) is 0 Å². The Balaban J connectivity index is 2.96. The molecule has 0 fully saturated rings. The van der Waals surface area contributed by atoms with Gasteiger partial charge in [-0.25, -0.2) is 0 Å². The van der Waals surface area contributed by atoms with E-state index in [1.165, 1.54) is 0 Å². The van der Waals surface area contributed by atoms with E-state index >= 15 is 0 Å². The average Bonchev–Trinajstić information content (AvgIpc) is 2.08. The van der Waals surface area contributed by atoms with Crippen molar-refractivity contribution in [3.63, 3.8) is 0 Å². The lowest BCUT2D eigenvalue weighted by molar-refractivity contribution is -0.136. The molecule has 0 saturated carbocycles. The van der Waals surface area contributed by atoms with Gasteiger partial charge >= 0.3 is 5.97 Å². The first-order valence-electron chi connectivity index (χ1n) is 4.78. The van der Waals surface area contributed by atoms with E-state index in [0.29, 0.717) is 26.3 Å². The van der Waals surface area contributed by atoms with Crippen LogP contribution < -0.4 is 5.32 Å². The zero-order chi connectivity index (χ0) is 10.8. The van der Waals surface area contributed by atoms with E-state index in [9.17, 15) is 4.79 Å². The van der Waals surface area contributed by atoms with Gasteiger partial charge in [0, 0.05) is 19.6 Å². The van der Waals surface area contributed by atoms with Crippen LogP contribution in [0.4, 0.5) is 0 Å². The van der Waals surface area contributed by atoms with Crippen LogP contribution in [-0.4, -0.2) is 62.9 Å². The number of ether oxygens (including phenoxy) is 1. The molecule has 0 aliphatic rings. The lowest BCUT2D eigenvalue weighted by atomic mass is 10.4. The van der Waals surface area contributed by atoms with Crippen molar-refractivity contribution in [2.24, 2.45) is 0 Å². The molecule has 0 rings (SSSR count). The summed E-state index contributed by atoms with van der Waals surface area (Å²) in [4.78, 5) is 12.2. The van der Waals surface area contributed by atoms with Crippen molar-refractivity contribution >= 4 is 5.97 Å². The van der Waals surface area contributed by atoms with Crippen molar-refractivity contribution in [2.45, 2.75) is 6.42 Å². The molecule has 84 valence electrons. The monoisotopic (exact) mass is 204 g/mol. The number of aliphatic carboxylic acids is 1. The molecule has 0 bridgehead atoms. The summed E-state index contributed by atoms with van der Waals surface area (Å²) in [6, 6.07) is 0. The van der Waals surface area contributed by atoms with E-state index in [-0.39, 0.29) is 6.42 Å². The van der Waals surface area contributed by atoms with E-state index in [1.54, 1.807) is 0 Å². The first-order chi connectivity index (χ1) is 6.63. The van der Waals surface area contributed by atoms with Crippen LogP contribution >= 0.6 is 0 Å². The highest BCUT2D eigenvalue weighted by molar-refractivity contribution is 5.66. The standard InChI is InChI=1S/C9H20N2O3/c1-11(2)6-8-14-7-5-10-4-3-9(12)13/h10H,3-8H2,1-2H3,(H,12,13). The lowest BCUT2D eigenvalue weighted by Crippen LogP contribution is -2.24. The Hall–Kier alpha value is -0.650. The van der Waals surface area contributed by atoms with Crippen molar-refractivity contribution in [1.29, 1.82) is 0 Å². The van der Waals surface area contributed by atoms with E-state index in [0.717, 1.165) is 6.54 Å². The second-order valence-corrected chi connectivity index (χ2v) is 3.31. The molecule has 0 aliphatic carbocycles. The third-order valence-corrected chi connectivity index (χ3v) is 1.62. The minimum absolute atomic E-state index is 0.164. The molecule has 0 unspecified atom stereocenters. The van der Waals surface area contributed by atoms with E-state index < -0.39 is 5.97 Å². The van der Waals surface area contributed by atoms with Crippen LogP contribution in [0.25, 0.3) is 0 Å². The molecule has 0 amide bonds. The highest BCUT2D eigenvalue weighted by Gasteiger charge is 1.95. The van der Waals surface area contributed by atoms with Crippen LogP contribution in [0.3, 0.4) is 0 Å². The summed E-state index contributed by atoms with van der Waals surface area (Å²) < 4.78 is 5.30. The van der Waals surface area contributed by atoms with Gasteiger partial charge in [0.05, 0.1) is 19.6 Å². The van der Waals surface area contributed by atoms with Gasteiger partial charge in [-0.2, -0.15) is 0 Å². The number of hydrogen-bond donors (Lipinski definition) is 2. The topological polar surface area (TPSA) is 61.8 Å². The molecule has 0 aromatic heterocycles. The molecule has 5 heteroatoms. The highest BCUT2D eigenvalue weighted by Crippen LogP contribution is 1.78. The van der Waals surface area contributed by atoms with E-state index in [2.05, 4.69) is 10.2 Å². The van der Waals surface area contributed by atoms with Gasteiger partial charge in [0.1, 0.15) is 0 Å². The summed E-state index contributed by atoms with van der Waals surface area (Å²) >= 11 is 0. The van der Waals surface area contributed by atoms with Gasteiger partial charge in [-0.05, 0) is 14.1 Å². The van der Waals surface area contributed by atoms with Gasteiger partial charge in [0.15, 0.2) is 0 Å². The summed E-state index contributed by atoms with van der Waals surface area (Å²) in [5, 5.41) is 11.3. The normalized spacial score (nSPS) is 10.8. The third kappa shape index (κ3) is 11.4. The zero-order valence-electron chi connectivity index (χ0n) is 8.95. The molecule has 0 aromatic carbocycles. The Morgan fingerprint density at radius 3 is 2.64 bits per heavy atom. The molecular formula is C9H20N2O3. The number of carboxylic acids is 1. The summed E-state index contributed by atoms with van der Waals surface area (Å²) in [6.07, 6.45) is 0.164. The fourth-order valence-electron chi connectivity index (χ4n) is 0.814. The molecular weight excluding hydrogens is 184 g/mol. The van der Waals surface area contributed by atoms with Crippen LogP contribution in [0.1, 0.15) is 6.42 Å². The van der Waals surface area contributed by atoms with Crippen LogP contribution in [-0.2, 0) is 9.53 Å². The predicted octanol–water partition coefficient (Wildman–Crippen LogP) is -0.371. The zero-order valence-corrected chi connectivity index (χ0v) is 8.95. The van der Waals surface area contributed by atoms with Crippen molar-refractivity contribution in [1.82, 2.24) is 10.2 Å². The number of likely N-dealkylation sites (N-methyl/N-ethyl adjacent to an activating group) is 1. The second-order valence-electron chi connectivity index (χ2n) is 3.31. The van der Waals surface area contributed by atoms with Gasteiger partial charge in [-0.1, -0.05) is 0 Å². The number of nitrogens with zero attached hydrogens (tertiary/aromatic N) is 1. The lowest BCUT2D eigenvalue weighted by Gasteiger charge is -2.09. The SMILES string of the molecule is CN(C)CCOCCNCCC(=O)O.